The summed E-state index contributed by atoms with van der Waals surface area (Å²) in [5.74, 6) is 0.833. The highest BCUT2D eigenvalue weighted by atomic mass is 31.2. The summed E-state index contributed by atoms with van der Waals surface area (Å²) in [5.41, 5.74) is 0. The molecule has 0 aliphatic rings. The Balaban J connectivity index is 5.21. The first kappa shape index (κ1) is 86.1. The van der Waals surface area contributed by atoms with Crippen molar-refractivity contribution in [3.8, 4) is 0 Å². The molecule has 0 bridgehead atoms. The van der Waals surface area contributed by atoms with Crippen molar-refractivity contribution in [1.82, 2.24) is 0 Å². The number of phosphoric acid groups is 2. The summed E-state index contributed by atoms with van der Waals surface area (Å²) in [4.78, 5) is 72.4. The number of carbonyl (C=O) groups is 4. The zero-order chi connectivity index (χ0) is 65.4. The molecule has 0 aromatic heterocycles. The third-order valence-electron chi connectivity index (χ3n) is 16.5. The van der Waals surface area contributed by atoms with Crippen LogP contribution in [0.5, 0.6) is 0 Å². The Morgan fingerprint density at radius 1 is 0.318 bits per heavy atom. The number of unbranched alkanes of at least 4 members (excludes halogenated alkanes) is 30. The van der Waals surface area contributed by atoms with Crippen LogP contribution in [0.3, 0.4) is 0 Å². The molecule has 0 aromatic carbocycles. The third kappa shape index (κ3) is 60.3. The lowest BCUT2D eigenvalue weighted by Gasteiger charge is -2.21. The first-order valence-corrected chi connectivity index (χ1v) is 38.8. The van der Waals surface area contributed by atoms with E-state index in [2.05, 4.69) is 55.4 Å². The topological polar surface area (TPSA) is 237 Å². The molecule has 0 rings (SSSR count). The van der Waals surface area contributed by atoms with Crippen LogP contribution in [-0.2, 0) is 65.4 Å². The van der Waals surface area contributed by atoms with Crippen LogP contribution in [0.1, 0.15) is 338 Å². The van der Waals surface area contributed by atoms with Gasteiger partial charge in [-0.1, -0.05) is 287 Å². The van der Waals surface area contributed by atoms with Gasteiger partial charge >= 0.3 is 39.5 Å². The molecular formula is C69H134O17P2. The van der Waals surface area contributed by atoms with Gasteiger partial charge in [0, 0.05) is 25.7 Å². The molecule has 0 spiro atoms. The Morgan fingerprint density at radius 2 is 0.545 bits per heavy atom. The van der Waals surface area contributed by atoms with Gasteiger partial charge in [0.1, 0.15) is 19.3 Å². The molecule has 0 heterocycles. The maximum atomic E-state index is 13.0. The van der Waals surface area contributed by atoms with Crippen LogP contribution >= 0.6 is 15.6 Å². The van der Waals surface area contributed by atoms with Crippen LogP contribution in [0.25, 0.3) is 0 Å². The van der Waals surface area contributed by atoms with Crippen LogP contribution in [-0.4, -0.2) is 96.7 Å². The fraction of sp³-hybridized carbons (Fsp3) is 0.942. The highest BCUT2D eigenvalue weighted by Gasteiger charge is 2.30. The lowest BCUT2D eigenvalue weighted by Crippen LogP contribution is -2.30. The molecule has 88 heavy (non-hydrogen) atoms. The van der Waals surface area contributed by atoms with E-state index in [1.54, 1.807) is 0 Å². The highest BCUT2D eigenvalue weighted by molar-refractivity contribution is 7.47. The molecule has 17 nitrogen and oxygen atoms in total. The van der Waals surface area contributed by atoms with E-state index in [0.717, 1.165) is 120 Å². The van der Waals surface area contributed by atoms with Crippen LogP contribution in [0, 0.1) is 23.7 Å². The number of carbonyl (C=O) groups excluding carboxylic acids is 4. The predicted molar refractivity (Wildman–Crippen MR) is 354 cm³/mol. The van der Waals surface area contributed by atoms with Gasteiger partial charge in [0.15, 0.2) is 12.2 Å². The summed E-state index contributed by atoms with van der Waals surface area (Å²) >= 11 is 0. The Bertz CT molecular complexity index is 1750. The summed E-state index contributed by atoms with van der Waals surface area (Å²) < 4.78 is 68.2. The maximum Gasteiger partial charge on any atom is 0.472 e. The molecule has 0 fully saturated rings. The minimum Gasteiger partial charge on any atom is -0.462 e. The highest BCUT2D eigenvalue weighted by Crippen LogP contribution is 2.45. The molecule has 0 amide bonds. The fourth-order valence-corrected chi connectivity index (χ4v) is 11.8. The Labute approximate surface area is 537 Å². The van der Waals surface area contributed by atoms with Gasteiger partial charge in [-0.25, -0.2) is 9.13 Å². The van der Waals surface area contributed by atoms with Gasteiger partial charge in [-0.15, -0.1) is 0 Å². The lowest BCUT2D eigenvalue weighted by molar-refractivity contribution is -0.161. The summed E-state index contributed by atoms with van der Waals surface area (Å²) in [6, 6.07) is 0. The Hall–Kier alpha value is -1.94. The van der Waals surface area contributed by atoms with Gasteiger partial charge in [0.25, 0.3) is 0 Å². The molecule has 0 aromatic rings. The molecule has 0 saturated carbocycles. The van der Waals surface area contributed by atoms with Gasteiger partial charge in [0.05, 0.1) is 26.4 Å². The van der Waals surface area contributed by atoms with Gasteiger partial charge in [-0.3, -0.25) is 37.3 Å². The first-order chi connectivity index (χ1) is 42.2. The number of aliphatic hydroxyl groups is 1. The van der Waals surface area contributed by atoms with Gasteiger partial charge < -0.3 is 33.8 Å². The quantitative estimate of drug-likeness (QED) is 0.0222. The van der Waals surface area contributed by atoms with Gasteiger partial charge in [-0.05, 0) is 49.4 Å². The molecular weight excluding hydrogens is 1160 g/mol. The zero-order valence-corrected chi connectivity index (χ0v) is 59.1. The van der Waals surface area contributed by atoms with Crippen molar-refractivity contribution in [1.29, 1.82) is 0 Å². The molecule has 3 N–H and O–H groups in total. The molecule has 0 aliphatic carbocycles. The second kappa shape index (κ2) is 58.8. The standard InChI is InChI=1S/C69H134O17P2/c1-9-61(7)47-39-31-25-27-34-42-50-67(72)80-56-64(85-68(73)51-43-35-24-20-19-22-30-38-46-60(5)6)57-83-87(75,76)81-53-63(70)54-82-88(77,78)84-58-65(86-69(74)52-44-36-28-26-32-40-48-62(8)10-2)55-79-66(71)49-41-33-23-18-16-14-12-11-13-15-17-21-29-37-45-59(3)4/h59-65,70H,9-58H2,1-8H3,(H,75,76)(H,77,78)/t61?,62?,63-,64+,65+/m0/s1. The van der Waals surface area contributed by atoms with Crippen molar-refractivity contribution in [2.45, 2.75) is 356 Å². The van der Waals surface area contributed by atoms with E-state index in [4.69, 9.17) is 37.0 Å². The molecule has 19 heteroatoms. The summed E-state index contributed by atoms with van der Waals surface area (Å²) in [6.07, 6.45) is 40.5. The van der Waals surface area contributed by atoms with Gasteiger partial charge in [0.2, 0.25) is 0 Å². The summed E-state index contributed by atoms with van der Waals surface area (Å²) in [6.45, 7) is 14.0. The van der Waals surface area contributed by atoms with Crippen LogP contribution in [0.2, 0.25) is 0 Å². The second-order valence-electron chi connectivity index (χ2n) is 26.4. The van der Waals surface area contributed by atoms with E-state index in [1.165, 1.54) is 135 Å². The average molecular weight is 1300 g/mol. The predicted octanol–water partition coefficient (Wildman–Crippen LogP) is 19.3. The fourth-order valence-electron chi connectivity index (χ4n) is 10.2. The van der Waals surface area contributed by atoms with Crippen molar-refractivity contribution >= 4 is 39.5 Å². The van der Waals surface area contributed by atoms with Crippen LogP contribution < -0.4 is 0 Å². The van der Waals surface area contributed by atoms with Crippen LogP contribution in [0.4, 0.5) is 0 Å². The molecule has 4 unspecified atom stereocenters. The van der Waals surface area contributed by atoms with Crippen molar-refractivity contribution in [3.63, 3.8) is 0 Å². The largest absolute Gasteiger partial charge is 0.472 e. The third-order valence-corrected chi connectivity index (χ3v) is 18.4. The van der Waals surface area contributed by atoms with E-state index in [0.29, 0.717) is 25.7 Å². The molecule has 522 valence electrons. The number of hydrogen-bond acceptors (Lipinski definition) is 15. The van der Waals surface area contributed by atoms with Crippen molar-refractivity contribution < 1.29 is 80.2 Å². The lowest BCUT2D eigenvalue weighted by atomic mass is 10.00. The van der Waals surface area contributed by atoms with E-state index >= 15 is 0 Å². The summed E-state index contributed by atoms with van der Waals surface area (Å²) in [7, 11) is -9.90. The zero-order valence-electron chi connectivity index (χ0n) is 57.3. The Morgan fingerprint density at radius 3 is 0.807 bits per heavy atom. The van der Waals surface area contributed by atoms with Gasteiger partial charge in [-0.2, -0.15) is 0 Å². The smallest absolute Gasteiger partial charge is 0.462 e. The molecule has 7 atom stereocenters. The normalized spacial score (nSPS) is 14.9. The molecule has 0 radical (unpaired) electrons. The number of phosphoric ester groups is 2. The first-order valence-electron chi connectivity index (χ1n) is 35.8. The number of rotatable bonds is 66. The molecule has 0 aliphatic heterocycles. The SMILES string of the molecule is CCC(C)CCCCCCCCC(=O)OC[C@H](COP(=O)(O)OC[C@H](O)COP(=O)(O)OC[C@@H](COC(=O)CCCCCCCCCCCCCCCCC(C)C)OC(=O)CCCCCCCCC(C)CC)OC(=O)CCCCCCCCCCC(C)C. The van der Waals surface area contributed by atoms with E-state index in [1.807, 2.05) is 0 Å². The maximum absolute atomic E-state index is 13.0. The molecule has 0 saturated heterocycles. The summed E-state index contributed by atoms with van der Waals surface area (Å²) in [5, 5.41) is 10.6. The Kier molecular flexibility index (Phi) is 57.6. The minimum atomic E-state index is -4.95. The minimum absolute atomic E-state index is 0.102. The van der Waals surface area contributed by atoms with Crippen molar-refractivity contribution in [2.75, 3.05) is 39.6 Å². The number of ether oxygens (including phenoxy) is 4. The van der Waals surface area contributed by atoms with Crippen molar-refractivity contribution in [2.24, 2.45) is 23.7 Å². The van der Waals surface area contributed by atoms with Crippen LogP contribution in [0.15, 0.2) is 0 Å². The van der Waals surface area contributed by atoms with E-state index < -0.39 is 97.5 Å². The number of hydrogen-bond donors (Lipinski definition) is 3. The average Bonchev–Trinajstić information content (AvgIpc) is 3.64. The monoisotopic (exact) mass is 1300 g/mol. The van der Waals surface area contributed by atoms with Crippen molar-refractivity contribution in [3.05, 3.63) is 0 Å². The van der Waals surface area contributed by atoms with E-state index in [9.17, 15) is 43.2 Å². The second-order valence-corrected chi connectivity index (χ2v) is 29.3. The number of aliphatic hydroxyl groups excluding tert-OH is 1. The van der Waals surface area contributed by atoms with E-state index in [-0.39, 0.29) is 25.7 Å². The number of esters is 4.